The van der Waals surface area contributed by atoms with E-state index in [1.807, 2.05) is 0 Å². The van der Waals surface area contributed by atoms with Crippen LogP contribution in [-0.4, -0.2) is 23.5 Å². The van der Waals surface area contributed by atoms with E-state index in [0.29, 0.717) is 16.9 Å². The number of aldehydes is 1. The molecule has 18 heavy (non-hydrogen) atoms. The van der Waals surface area contributed by atoms with Crippen LogP contribution in [0.3, 0.4) is 0 Å². The van der Waals surface area contributed by atoms with Crippen LogP contribution in [0.5, 0.6) is 5.75 Å². The van der Waals surface area contributed by atoms with Crippen LogP contribution in [0, 0.1) is 0 Å². The summed E-state index contributed by atoms with van der Waals surface area (Å²) in [5.41, 5.74) is 2.84. The molecular weight excluding hydrogens is 230 g/mol. The first-order valence-corrected chi connectivity index (χ1v) is 5.47. The van der Waals surface area contributed by atoms with E-state index in [4.69, 9.17) is 4.74 Å². The van der Waals surface area contributed by atoms with Gasteiger partial charge < -0.3 is 9.84 Å². The average Bonchev–Trinajstić information content (AvgIpc) is 2.46. The zero-order valence-corrected chi connectivity index (χ0v) is 9.96. The Hall–Kier alpha value is -2.20. The number of aliphatic hydroxyl groups excluding tert-OH is 1. The van der Waals surface area contributed by atoms with Crippen molar-refractivity contribution in [2.75, 3.05) is 7.11 Å². The van der Waals surface area contributed by atoms with Gasteiger partial charge in [0.15, 0.2) is 0 Å². The van der Waals surface area contributed by atoms with Gasteiger partial charge in [0.1, 0.15) is 12.0 Å². The average molecular weight is 243 g/mol. The maximum Gasteiger partial charge on any atom is 0.150 e. The minimum atomic E-state index is -0.113. The molecule has 0 saturated heterocycles. The van der Waals surface area contributed by atoms with Gasteiger partial charge in [-0.3, -0.25) is 9.78 Å². The molecule has 1 aromatic carbocycles. The smallest absolute Gasteiger partial charge is 0.150 e. The van der Waals surface area contributed by atoms with E-state index in [0.717, 1.165) is 17.4 Å². The fraction of sp³-hybridized carbons (Fsp3) is 0.143. The Morgan fingerprint density at radius 2 is 2.17 bits per heavy atom. The molecule has 0 aliphatic carbocycles. The van der Waals surface area contributed by atoms with Crippen LogP contribution in [0.1, 0.15) is 15.9 Å². The van der Waals surface area contributed by atoms with Crippen molar-refractivity contribution in [1.29, 1.82) is 0 Å². The first-order valence-electron chi connectivity index (χ1n) is 5.47. The van der Waals surface area contributed by atoms with Crippen LogP contribution >= 0.6 is 0 Å². The van der Waals surface area contributed by atoms with E-state index in [9.17, 15) is 9.90 Å². The molecular formula is C14H13NO3. The number of pyridine rings is 1. The minimum absolute atomic E-state index is 0.113. The standard InChI is InChI=1S/C14H13NO3/c1-18-14-3-2-10(8-16)6-13(14)12-4-5-15-7-11(12)9-17/h2-8,17H,9H2,1H3. The first kappa shape index (κ1) is 12.3. The van der Waals surface area contributed by atoms with E-state index < -0.39 is 0 Å². The van der Waals surface area contributed by atoms with Crippen molar-refractivity contribution in [2.24, 2.45) is 0 Å². The van der Waals surface area contributed by atoms with Crippen molar-refractivity contribution in [3.8, 4) is 16.9 Å². The highest BCUT2D eigenvalue weighted by Crippen LogP contribution is 2.32. The van der Waals surface area contributed by atoms with Gasteiger partial charge in [0.05, 0.1) is 13.7 Å². The molecule has 2 rings (SSSR count). The predicted molar refractivity (Wildman–Crippen MR) is 67.5 cm³/mol. The van der Waals surface area contributed by atoms with Crippen molar-refractivity contribution >= 4 is 6.29 Å². The molecule has 0 unspecified atom stereocenters. The summed E-state index contributed by atoms with van der Waals surface area (Å²) in [6, 6.07) is 6.95. The molecule has 4 nitrogen and oxygen atoms in total. The molecule has 0 aliphatic heterocycles. The van der Waals surface area contributed by atoms with Gasteiger partial charge in [0.25, 0.3) is 0 Å². The Kier molecular flexibility index (Phi) is 3.69. The van der Waals surface area contributed by atoms with Gasteiger partial charge in [0, 0.05) is 29.1 Å². The lowest BCUT2D eigenvalue weighted by atomic mass is 9.99. The number of hydrogen-bond acceptors (Lipinski definition) is 4. The lowest BCUT2D eigenvalue weighted by Gasteiger charge is -2.12. The Morgan fingerprint density at radius 3 is 2.83 bits per heavy atom. The first-order chi connectivity index (χ1) is 8.80. The lowest BCUT2D eigenvalue weighted by molar-refractivity contribution is 0.112. The van der Waals surface area contributed by atoms with Crippen LogP contribution in [0.4, 0.5) is 0 Å². The summed E-state index contributed by atoms with van der Waals surface area (Å²) >= 11 is 0. The Bertz CT molecular complexity index is 567. The SMILES string of the molecule is COc1ccc(C=O)cc1-c1ccncc1CO. The molecule has 0 bridgehead atoms. The zero-order valence-electron chi connectivity index (χ0n) is 9.96. The second-order valence-corrected chi connectivity index (χ2v) is 3.77. The molecule has 0 aliphatic rings. The summed E-state index contributed by atoms with van der Waals surface area (Å²) in [7, 11) is 1.57. The highest BCUT2D eigenvalue weighted by molar-refractivity contribution is 5.82. The highest BCUT2D eigenvalue weighted by Gasteiger charge is 2.10. The fourth-order valence-corrected chi connectivity index (χ4v) is 1.83. The Morgan fingerprint density at radius 1 is 1.33 bits per heavy atom. The van der Waals surface area contributed by atoms with E-state index >= 15 is 0 Å². The number of carbonyl (C=O) groups is 1. The number of rotatable bonds is 4. The fourth-order valence-electron chi connectivity index (χ4n) is 1.83. The largest absolute Gasteiger partial charge is 0.496 e. The van der Waals surface area contributed by atoms with Crippen molar-refractivity contribution < 1.29 is 14.6 Å². The van der Waals surface area contributed by atoms with Crippen LogP contribution in [-0.2, 0) is 6.61 Å². The number of hydrogen-bond donors (Lipinski definition) is 1. The molecule has 0 fully saturated rings. The van der Waals surface area contributed by atoms with Gasteiger partial charge in [-0.25, -0.2) is 0 Å². The number of methoxy groups -OCH3 is 1. The number of aliphatic hydroxyl groups is 1. The summed E-state index contributed by atoms with van der Waals surface area (Å²) < 4.78 is 5.28. The van der Waals surface area contributed by atoms with Crippen molar-refractivity contribution in [3.63, 3.8) is 0 Å². The minimum Gasteiger partial charge on any atom is -0.496 e. The quantitative estimate of drug-likeness (QED) is 0.835. The number of aromatic nitrogens is 1. The number of ether oxygens (including phenoxy) is 1. The molecule has 1 aromatic heterocycles. The molecule has 0 spiro atoms. The van der Waals surface area contributed by atoms with Crippen molar-refractivity contribution in [3.05, 3.63) is 47.8 Å². The third kappa shape index (κ3) is 2.24. The maximum absolute atomic E-state index is 10.8. The molecule has 1 N–H and O–H groups in total. The number of benzene rings is 1. The van der Waals surface area contributed by atoms with Crippen LogP contribution in [0.15, 0.2) is 36.7 Å². The molecule has 4 heteroatoms. The number of carbonyl (C=O) groups excluding carboxylic acids is 1. The molecule has 0 atom stereocenters. The second-order valence-electron chi connectivity index (χ2n) is 3.77. The predicted octanol–water partition coefficient (Wildman–Crippen LogP) is 2.06. The molecule has 92 valence electrons. The normalized spacial score (nSPS) is 10.1. The van der Waals surface area contributed by atoms with E-state index in [1.165, 1.54) is 0 Å². The zero-order chi connectivity index (χ0) is 13.0. The van der Waals surface area contributed by atoms with Crippen molar-refractivity contribution in [1.82, 2.24) is 4.98 Å². The van der Waals surface area contributed by atoms with E-state index in [2.05, 4.69) is 4.98 Å². The van der Waals surface area contributed by atoms with E-state index in [-0.39, 0.29) is 6.61 Å². The third-order valence-corrected chi connectivity index (χ3v) is 2.72. The summed E-state index contributed by atoms with van der Waals surface area (Å²) in [6.07, 6.45) is 4.02. The second kappa shape index (κ2) is 5.42. The van der Waals surface area contributed by atoms with Crippen LogP contribution in [0.25, 0.3) is 11.1 Å². The third-order valence-electron chi connectivity index (χ3n) is 2.72. The maximum atomic E-state index is 10.8. The Labute approximate surface area is 105 Å². The summed E-state index contributed by atoms with van der Waals surface area (Å²) in [4.78, 5) is 14.8. The lowest BCUT2D eigenvalue weighted by Crippen LogP contribution is -1.95. The highest BCUT2D eigenvalue weighted by atomic mass is 16.5. The molecule has 0 amide bonds. The van der Waals surface area contributed by atoms with Gasteiger partial charge in [0.2, 0.25) is 0 Å². The van der Waals surface area contributed by atoms with Gasteiger partial charge in [-0.05, 0) is 29.8 Å². The molecule has 0 saturated carbocycles. The molecule has 0 radical (unpaired) electrons. The molecule has 1 heterocycles. The summed E-state index contributed by atoms with van der Waals surface area (Å²) in [5, 5.41) is 9.32. The van der Waals surface area contributed by atoms with E-state index in [1.54, 1.807) is 43.8 Å². The topological polar surface area (TPSA) is 59.4 Å². The molecule has 2 aromatic rings. The van der Waals surface area contributed by atoms with Gasteiger partial charge >= 0.3 is 0 Å². The Balaban J connectivity index is 2.64. The van der Waals surface area contributed by atoms with Crippen LogP contribution in [0.2, 0.25) is 0 Å². The monoisotopic (exact) mass is 243 g/mol. The van der Waals surface area contributed by atoms with Gasteiger partial charge in [-0.1, -0.05) is 0 Å². The van der Waals surface area contributed by atoms with Gasteiger partial charge in [-0.2, -0.15) is 0 Å². The van der Waals surface area contributed by atoms with Gasteiger partial charge in [-0.15, -0.1) is 0 Å². The number of nitrogens with zero attached hydrogens (tertiary/aromatic N) is 1. The van der Waals surface area contributed by atoms with Crippen molar-refractivity contribution in [2.45, 2.75) is 6.61 Å². The van der Waals surface area contributed by atoms with Crippen LogP contribution < -0.4 is 4.74 Å². The summed E-state index contributed by atoms with van der Waals surface area (Å²) in [6.45, 7) is -0.113. The summed E-state index contributed by atoms with van der Waals surface area (Å²) in [5.74, 6) is 0.654.